The quantitative estimate of drug-likeness (QED) is 0.881. The van der Waals surface area contributed by atoms with Crippen molar-refractivity contribution < 1.29 is 13.9 Å². The molecule has 1 amide bonds. The van der Waals surface area contributed by atoms with E-state index in [2.05, 4.69) is 11.4 Å². The van der Waals surface area contributed by atoms with E-state index < -0.39 is 0 Å². The highest BCUT2D eigenvalue weighted by Crippen LogP contribution is 2.26. The lowest BCUT2D eigenvalue weighted by Crippen LogP contribution is -2.33. The van der Waals surface area contributed by atoms with Crippen LogP contribution >= 0.6 is 0 Å². The fourth-order valence-corrected chi connectivity index (χ4v) is 2.57. The molecule has 118 valence electrons. The van der Waals surface area contributed by atoms with Crippen LogP contribution in [0.3, 0.4) is 0 Å². The molecule has 1 aliphatic heterocycles. The Morgan fingerprint density at radius 1 is 1.22 bits per heavy atom. The molecule has 0 bridgehead atoms. The van der Waals surface area contributed by atoms with E-state index in [1.165, 1.54) is 23.8 Å². The lowest BCUT2D eigenvalue weighted by Gasteiger charge is -2.25. The van der Waals surface area contributed by atoms with Crippen molar-refractivity contribution in [3.05, 3.63) is 71.6 Å². The zero-order valence-corrected chi connectivity index (χ0v) is 12.7. The fraction of sp³-hybridized carbons (Fsp3) is 0.211. The molecule has 3 rings (SSSR count). The van der Waals surface area contributed by atoms with E-state index in [9.17, 15) is 9.18 Å². The lowest BCUT2D eigenvalue weighted by molar-refractivity contribution is -0.116. The normalized spacial score (nSPS) is 16.7. The van der Waals surface area contributed by atoms with Gasteiger partial charge in [0.15, 0.2) is 0 Å². The minimum Gasteiger partial charge on any atom is -0.493 e. The third-order valence-corrected chi connectivity index (χ3v) is 3.82. The summed E-state index contributed by atoms with van der Waals surface area (Å²) in [4.78, 5) is 11.9. The molecule has 0 fully saturated rings. The van der Waals surface area contributed by atoms with E-state index >= 15 is 0 Å². The standard InChI is InChI=1S/C19H18FNO2/c20-17-8-5-14(6-9-17)7-10-19(22)21-12-15-11-16-3-1-2-4-18(16)23-13-15/h1-10,15H,11-13H2,(H,21,22)/b10-7+. The van der Waals surface area contributed by atoms with Crippen LogP contribution in [-0.4, -0.2) is 19.1 Å². The van der Waals surface area contributed by atoms with Crippen LogP contribution in [0.5, 0.6) is 5.75 Å². The van der Waals surface area contributed by atoms with Crippen molar-refractivity contribution in [2.45, 2.75) is 6.42 Å². The molecule has 2 aromatic rings. The molecule has 0 saturated carbocycles. The van der Waals surface area contributed by atoms with Crippen molar-refractivity contribution in [3.8, 4) is 5.75 Å². The lowest BCUT2D eigenvalue weighted by atomic mass is 9.97. The summed E-state index contributed by atoms with van der Waals surface area (Å²) < 4.78 is 18.5. The van der Waals surface area contributed by atoms with Crippen molar-refractivity contribution >= 4 is 12.0 Å². The van der Waals surface area contributed by atoms with Crippen LogP contribution in [0.25, 0.3) is 6.08 Å². The van der Waals surface area contributed by atoms with Crippen LogP contribution in [0.15, 0.2) is 54.6 Å². The van der Waals surface area contributed by atoms with E-state index in [1.54, 1.807) is 18.2 Å². The van der Waals surface area contributed by atoms with Crippen LogP contribution in [0.4, 0.5) is 4.39 Å². The summed E-state index contributed by atoms with van der Waals surface area (Å²) >= 11 is 0. The van der Waals surface area contributed by atoms with E-state index in [1.807, 2.05) is 18.2 Å². The maximum absolute atomic E-state index is 12.8. The number of amides is 1. The van der Waals surface area contributed by atoms with Crippen LogP contribution in [0.1, 0.15) is 11.1 Å². The molecule has 1 N–H and O–H groups in total. The highest BCUT2D eigenvalue weighted by molar-refractivity contribution is 5.91. The Bertz CT molecular complexity index is 710. The minimum atomic E-state index is -0.288. The van der Waals surface area contributed by atoms with E-state index in [0.29, 0.717) is 13.2 Å². The van der Waals surface area contributed by atoms with Gasteiger partial charge in [0, 0.05) is 18.5 Å². The molecule has 0 radical (unpaired) electrons. The third kappa shape index (κ3) is 4.19. The SMILES string of the molecule is O=C(/C=C/c1ccc(F)cc1)NCC1COc2ccccc2C1. The Kier molecular flexibility index (Phi) is 4.71. The van der Waals surface area contributed by atoms with Crippen LogP contribution in [0, 0.1) is 11.7 Å². The monoisotopic (exact) mass is 311 g/mol. The molecule has 2 aromatic carbocycles. The molecular formula is C19H18FNO2. The van der Waals surface area contributed by atoms with Gasteiger partial charge in [-0.25, -0.2) is 4.39 Å². The number of carbonyl (C=O) groups excluding carboxylic acids is 1. The van der Waals surface area contributed by atoms with Gasteiger partial charge in [0.25, 0.3) is 0 Å². The summed E-state index contributed by atoms with van der Waals surface area (Å²) in [7, 11) is 0. The van der Waals surface area contributed by atoms with Gasteiger partial charge in [-0.15, -0.1) is 0 Å². The van der Waals surface area contributed by atoms with Crippen molar-refractivity contribution in [2.75, 3.05) is 13.2 Å². The van der Waals surface area contributed by atoms with E-state index in [0.717, 1.165) is 17.7 Å². The zero-order valence-electron chi connectivity index (χ0n) is 12.7. The maximum atomic E-state index is 12.8. The van der Waals surface area contributed by atoms with Gasteiger partial charge < -0.3 is 10.1 Å². The summed E-state index contributed by atoms with van der Waals surface area (Å²) in [5, 5.41) is 2.88. The average molecular weight is 311 g/mol. The number of rotatable bonds is 4. The predicted molar refractivity (Wildman–Crippen MR) is 87.6 cm³/mol. The van der Waals surface area contributed by atoms with Crippen molar-refractivity contribution in [1.82, 2.24) is 5.32 Å². The van der Waals surface area contributed by atoms with Gasteiger partial charge in [-0.05, 0) is 41.8 Å². The van der Waals surface area contributed by atoms with Crippen LogP contribution in [0.2, 0.25) is 0 Å². The Morgan fingerprint density at radius 2 is 2.00 bits per heavy atom. The van der Waals surface area contributed by atoms with Crippen molar-refractivity contribution in [2.24, 2.45) is 5.92 Å². The molecule has 23 heavy (non-hydrogen) atoms. The molecule has 0 spiro atoms. The summed E-state index contributed by atoms with van der Waals surface area (Å²) in [5.41, 5.74) is 1.97. The third-order valence-electron chi connectivity index (χ3n) is 3.82. The zero-order chi connectivity index (χ0) is 16.1. The number of halogens is 1. The highest BCUT2D eigenvalue weighted by Gasteiger charge is 2.19. The highest BCUT2D eigenvalue weighted by atomic mass is 19.1. The first-order valence-electron chi connectivity index (χ1n) is 7.63. The second-order valence-corrected chi connectivity index (χ2v) is 5.62. The van der Waals surface area contributed by atoms with Crippen LogP contribution < -0.4 is 10.1 Å². The van der Waals surface area contributed by atoms with Crippen molar-refractivity contribution in [1.29, 1.82) is 0 Å². The molecular weight excluding hydrogens is 293 g/mol. The Hall–Kier alpha value is -2.62. The number of benzene rings is 2. The fourth-order valence-electron chi connectivity index (χ4n) is 2.57. The number of carbonyl (C=O) groups is 1. The smallest absolute Gasteiger partial charge is 0.244 e. The van der Waals surface area contributed by atoms with E-state index in [4.69, 9.17) is 4.74 Å². The summed E-state index contributed by atoms with van der Waals surface area (Å²) in [5.74, 6) is 0.761. The van der Waals surface area contributed by atoms with Gasteiger partial charge >= 0.3 is 0 Å². The van der Waals surface area contributed by atoms with Crippen molar-refractivity contribution in [3.63, 3.8) is 0 Å². The minimum absolute atomic E-state index is 0.159. The first-order valence-corrected chi connectivity index (χ1v) is 7.63. The largest absolute Gasteiger partial charge is 0.493 e. The second kappa shape index (κ2) is 7.09. The van der Waals surface area contributed by atoms with Gasteiger partial charge in [-0.3, -0.25) is 4.79 Å². The van der Waals surface area contributed by atoms with Gasteiger partial charge in [-0.2, -0.15) is 0 Å². The molecule has 1 unspecified atom stereocenters. The second-order valence-electron chi connectivity index (χ2n) is 5.62. The first-order chi connectivity index (χ1) is 11.2. The Labute approximate surface area is 134 Å². The van der Waals surface area contributed by atoms with Gasteiger partial charge in [0.1, 0.15) is 11.6 Å². The van der Waals surface area contributed by atoms with Gasteiger partial charge in [0.05, 0.1) is 6.61 Å². The molecule has 0 aliphatic carbocycles. The van der Waals surface area contributed by atoms with Crippen LogP contribution in [-0.2, 0) is 11.2 Å². The number of hydrogen-bond acceptors (Lipinski definition) is 2. The molecule has 0 saturated heterocycles. The molecule has 1 aliphatic rings. The topological polar surface area (TPSA) is 38.3 Å². The Balaban J connectivity index is 1.49. The van der Waals surface area contributed by atoms with E-state index in [-0.39, 0.29) is 17.6 Å². The molecule has 1 atom stereocenters. The first kappa shape index (κ1) is 15.3. The number of nitrogens with one attached hydrogen (secondary N) is 1. The molecule has 3 nitrogen and oxygen atoms in total. The number of hydrogen-bond donors (Lipinski definition) is 1. The molecule has 0 aromatic heterocycles. The maximum Gasteiger partial charge on any atom is 0.244 e. The average Bonchev–Trinajstić information content (AvgIpc) is 2.59. The summed E-state index contributed by atoms with van der Waals surface area (Å²) in [6.45, 7) is 1.18. The number of fused-ring (bicyclic) bond motifs is 1. The summed E-state index contributed by atoms with van der Waals surface area (Å²) in [6.07, 6.45) is 4.03. The summed E-state index contributed by atoms with van der Waals surface area (Å²) in [6, 6.07) is 14.0. The molecule has 1 heterocycles. The Morgan fingerprint density at radius 3 is 2.83 bits per heavy atom. The predicted octanol–water partition coefficient (Wildman–Crippen LogP) is 3.21. The van der Waals surface area contributed by atoms with Gasteiger partial charge in [0.2, 0.25) is 5.91 Å². The molecule has 4 heteroatoms. The van der Waals surface area contributed by atoms with Gasteiger partial charge in [-0.1, -0.05) is 30.3 Å². The number of ether oxygens (including phenoxy) is 1. The number of para-hydroxylation sites is 1.